The van der Waals surface area contributed by atoms with E-state index in [4.69, 9.17) is 5.73 Å². The average Bonchev–Trinajstić information content (AvgIpc) is 2.42. The van der Waals surface area contributed by atoms with E-state index >= 15 is 0 Å². The minimum Gasteiger partial charge on any atom is -0.397 e. The van der Waals surface area contributed by atoms with E-state index in [2.05, 4.69) is 63.3 Å². The van der Waals surface area contributed by atoms with Gasteiger partial charge in [0.1, 0.15) is 0 Å². The van der Waals surface area contributed by atoms with Gasteiger partial charge in [-0.15, -0.1) is 0 Å². The molecule has 0 bridgehead atoms. The van der Waals surface area contributed by atoms with E-state index in [9.17, 15) is 0 Å². The van der Waals surface area contributed by atoms with Crippen LogP contribution in [0, 0.1) is 13.8 Å². The molecular formula is C18H24N2. The van der Waals surface area contributed by atoms with Crippen molar-refractivity contribution >= 4 is 11.4 Å². The fourth-order valence-corrected chi connectivity index (χ4v) is 2.21. The van der Waals surface area contributed by atoms with E-state index in [-0.39, 0.29) is 0 Å². The molecule has 0 aliphatic carbocycles. The molecule has 2 heteroatoms. The van der Waals surface area contributed by atoms with Crippen molar-refractivity contribution in [2.24, 2.45) is 0 Å². The van der Waals surface area contributed by atoms with Crippen LogP contribution in [0.1, 0.15) is 42.0 Å². The number of nitrogens with one attached hydrogen (secondary N) is 1. The maximum Gasteiger partial charge on any atom is 0.0579 e. The van der Waals surface area contributed by atoms with Gasteiger partial charge in [0.05, 0.1) is 11.4 Å². The molecule has 0 atom stereocenters. The molecule has 0 fully saturated rings. The summed E-state index contributed by atoms with van der Waals surface area (Å²) in [6.45, 7) is 9.41. The van der Waals surface area contributed by atoms with Gasteiger partial charge in [-0.2, -0.15) is 0 Å². The molecule has 0 saturated heterocycles. The number of anilines is 2. The van der Waals surface area contributed by atoms with Crippen LogP contribution in [0.25, 0.3) is 0 Å². The maximum atomic E-state index is 6.06. The van der Waals surface area contributed by atoms with Gasteiger partial charge in [0.25, 0.3) is 0 Å². The van der Waals surface area contributed by atoms with Crippen molar-refractivity contribution in [3.8, 4) is 0 Å². The first-order valence-electron chi connectivity index (χ1n) is 7.17. The molecule has 0 aromatic heterocycles. The normalized spacial score (nSPS) is 10.8. The summed E-state index contributed by atoms with van der Waals surface area (Å²) in [5.74, 6) is 0.576. The molecule has 2 rings (SSSR count). The molecule has 2 aromatic rings. The van der Waals surface area contributed by atoms with E-state index in [0.29, 0.717) is 5.92 Å². The standard InChI is InChI=1S/C18H24N2/c1-12(2)16-7-5-15(6-8-16)11-20-18-10-14(4)13(3)9-17(18)19/h5-10,12,20H,11,19H2,1-4H3. The van der Waals surface area contributed by atoms with Gasteiger partial charge < -0.3 is 11.1 Å². The zero-order chi connectivity index (χ0) is 14.7. The Labute approximate surface area is 122 Å². The predicted octanol–water partition coefficient (Wildman–Crippen LogP) is 4.62. The van der Waals surface area contributed by atoms with Crippen LogP contribution in [0.4, 0.5) is 11.4 Å². The van der Waals surface area contributed by atoms with E-state index in [0.717, 1.165) is 17.9 Å². The summed E-state index contributed by atoms with van der Waals surface area (Å²) in [6, 6.07) is 12.9. The zero-order valence-corrected chi connectivity index (χ0v) is 12.8. The Hall–Kier alpha value is -1.96. The largest absolute Gasteiger partial charge is 0.397 e. The van der Waals surface area contributed by atoms with Crippen LogP contribution >= 0.6 is 0 Å². The Kier molecular flexibility index (Phi) is 4.33. The van der Waals surface area contributed by atoms with Gasteiger partial charge in [-0.1, -0.05) is 38.1 Å². The minimum atomic E-state index is 0.576. The summed E-state index contributed by atoms with van der Waals surface area (Å²) in [5.41, 5.74) is 13.0. The van der Waals surface area contributed by atoms with Crippen molar-refractivity contribution in [3.05, 3.63) is 58.7 Å². The van der Waals surface area contributed by atoms with E-state index in [1.165, 1.54) is 22.3 Å². The first-order chi connectivity index (χ1) is 9.47. The maximum absolute atomic E-state index is 6.06. The van der Waals surface area contributed by atoms with Crippen molar-refractivity contribution in [2.45, 2.75) is 40.2 Å². The fourth-order valence-electron chi connectivity index (χ4n) is 2.21. The molecule has 3 N–H and O–H groups in total. The SMILES string of the molecule is Cc1cc(N)c(NCc2ccc(C(C)C)cc2)cc1C. The highest BCUT2D eigenvalue weighted by molar-refractivity contribution is 5.68. The summed E-state index contributed by atoms with van der Waals surface area (Å²) in [4.78, 5) is 0. The number of nitrogens with two attached hydrogens (primary N) is 1. The van der Waals surface area contributed by atoms with Crippen LogP contribution in [0.5, 0.6) is 0 Å². The second-order valence-corrected chi connectivity index (χ2v) is 5.77. The minimum absolute atomic E-state index is 0.576. The van der Waals surface area contributed by atoms with Crippen LogP contribution in [0.2, 0.25) is 0 Å². The zero-order valence-electron chi connectivity index (χ0n) is 12.8. The number of aryl methyl sites for hydroxylation is 2. The van der Waals surface area contributed by atoms with Gasteiger partial charge in [-0.3, -0.25) is 0 Å². The summed E-state index contributed by atoms with van der Waals surface area (Å²) < 4.78 is 0. The third kappa shape index (κ3) is 3.32. The van der Waals surface area contributed by atoms with E-state index < -0.39 is 0 Å². The molecule has 0 saturated carbocycles. The van der Waals surface area contributed by atoms with Gasteiger partial charge in [-0.05, 0) is 54.2 Å². The third-order valence-corrected chi connectivity index (χ3v) is 3.80. The number of benzene rings is 2. The predicted molar refractivity (Wildman–Crippen MR) is 88.2 cm³/mol. The monoisotopic (exact) mass is 268 g/mol. The van der Waals surface area contributed by atoms with Gasteiger partial charge >= 0.3 is 0 Å². The number of hydrogen-bond acceptors (Lipinski definition) is 2. The summed E-state index contributed by atoms with van der Waals surface area (Å²) in [6.07, 6.45) is 0. The number of nitrogen functional groups attached to an aromatic ring is 1. The lowest BCUT2D eigenvalue weighted by molar-refractivity contribution is 0.865. The fraction of sp³-hybridized carbons (Fsp3) is 0.333. The smallest absolute Gasteiger partial charge is 0.0579 e. The van der Waals surface area contributed by atoms with Gasteiger partial charge in [0, 0.05) is 6.54 Å². The highest BCUT2D eigenvalue weighted by Crippen LogP contribution is 2.23. The molecule has 20 heavy (non-hydrogen) atoms. The highest BCUT2D eigenvalue weighted by Gasteiger charge is 2.03. The molecule has 0 heterocycles. The van der Waals surface area contributed by atoms with Crippen molar-refractivity contribution in [1.29, 1.82) is 0 Å². The lowest BCUT2D eigenvalue weighted by atomic mass is 10.0. The van der Waals surface area contributed by atoms with Crippen molar-refractivity contribution in [3.63, 3.8) is 0 Å². The quantitative estimate of drug-likeness (QED) is 0.794. The number of rotatable bonds is 4. The molecule has 0 spiro atoms. The van der Waals surface area contributed by atoms with Gasteiger partial charge in [0.2, 0.25) is 0 Å². The first kappa shape index (κ1) is 14.4. The topological polar surface area (TPSA) is 38.0 Å². The van der Waals surface area contributed by atoms with Crippen LogP contribution in [0.3, 0.4) is 0 Å². The lowest BCUT2D eigenvalue weighted by Gasteiger charge is -2.13. The Balaban J connectivity index is 2.07. The summed E-state index contributed by atoms with van der Waals surface area (Å²) >= 11 is 0. The number of hydrogen-bond donors (Lipinski definition) is 2. The van der Waals surface area contributed by atoms with Crippen LogP contribution in [-0.2, 0) is 6.54 Å². The molecular weight excluding hydrogens is 244 g/mol. The third-order valence-electron chi connectivity index (χ3n) is 3.80. The molecule has 0 aliphatic rings. The Morgan fingerprint density at radius 1 is 1.00 bits per heavy atom. The Bertz CT molecular complexity index is 583. The second-order valence-electron chi connectivity index (χ2n) is 5.77. The second kappa shape index (κ2) is 6.00. The molecule has 0 amide bonds. The van der Waals surface area contributed by atoms with Crippen molar-refractivity contribution < 1.29 is 0 Å². The van der Waals surface area contributed by atoms with E-state index in [1.807, 2.05) is 6.07 Å². The highest BCUT2D eigenvalue weighted by atomic mass is 14.9. The van der Waals surface area contributed by atoms with Gasteiger partial charge in [-0.25, -0.2) is 0 Å². The average molecular weight is 268 g/mol. The Morgan fingerprint density at radius 2 is 1.60 bits per heavy atom. The van der Waals surface area contributed by atoms with Crippen LogP contribution < -0.4 is 11.1 Å². The Morgan fingerprint density at radius 3 is 2.20 bits per heavy atom. The molecule has 106 valence electrons. The summed E-state index contributed by atoms with van der Waals surface area (Å²) in [7, 11) is 0. The van der Waals surface area contributed by atoms with Crippen LogP contribution in [-0.4, -0.2) is 0 Å². The molecule has 2 nitrogen and oxygen atoms in total. The van der Waals surface area contributed by atoms with Crippen molar-refractivity contribution in [2.75, 3.05) is 11.1 Å². The lowest BCUT2D eigenvalue weighted by Crippen LogP contribution is -2.03. The molecule has 0 unspecified atom stereocenters. The molecule has 2 aromatic carbocycles. The molecule has 0 radical (unpaired) electrons. The van der Waals surface area contributed by atoms with E-state index in [1.54, 1.807) is 0 Å². The van der Waals surface area contributed by atoms with Crippen LogP contribution in [0.15, 0.2) is 36.4 Å². The summed E-state index contributed by atoms with van der Waals surface area (Å²) in [5, 5.41) is 3.42. The van der Waals surface area contributed by atoms with Gasteiger partial charge in [0.15, 0.2) is 0 Å². The first-order valence-corrected chi connectivity index (χ1v) is 7.17. The molecule has 0 aliphatic heterocycles. The van der Waals surface area contributed by atoms with Crippen molar-refractivity contribution in [1.82, 2.24) is 0 Å².